The summed E-state index contributed by atoms with van der Waals surface area (Å²) in [4.78, 5) is 11.2. The van der Waals surface area contributed by atoms with Crippen molar-refractivity contribution in [1.82, 2.24) is 15.1 Å². The molecule has 1 saturated heterocycles. The Morgan fingerprint density at radius 3 is 3.08 bits per heavy atom. The van der Waals surface area contributed by atoms with Gasteiger partial charge in [-0.1, -0.05) is 6.07 Å². The first kappa shape index (κ1) is 17.2. The van der Waals surface area contributed by atoms with Crippen molar-refractivity contribution in [2.75, 3.05) is 19.7 Å². The van der Waals surface area contributed by atoms with Crippen LogP contribution in [0.1, 0.15) is 48.3 Å². The van der Waals surface area contributed by atoms with E-state index < -0.39 is 5.82 Å². The van der Waals surface area contributed by atoms with Gasteiger partial charge in [0, 0.05) is 29.3 Å². The number of halogens is 1. The molecule has 2 fully saturated rings. The maximum Gasteiger partial charge on any atom is 0.156 e. The number of carbonyl (C=O) groups excluding carboxylic acids is 1. The Bertz CT molecular complexity index is 819. The maximum atomic E-state index is 13.8. The van der Waals surface area contributed by atoms with Gasteiger partial charge in [-0.3, -0.25) is 9.48 Å². The average Bonchev–Trinajstić information content (AvgIpc) is 3.03. The molecule has 2 unspecified atom stereocenters. The number of nitrogens with one attached hydrogen (secondary N) is 1. The van der Waals surface area contributed by atoms with Crippen LogP contribution < -0.4 is 10.1 Å². The van der Waals surface area contributed by atoms with E-state index in [1.165, 1.54) is 11.8 Å². The molecule has 2 heterocycles. The van der Waals surface area contributed by atoms with Gasteiger partial charge in [-0.15, -0.1) is 0 Å². The van der Waals surface area contributed by atoms with E-state index in [0.29, 0.717) is 36.5 Å². The van der Waals surface area contributed by atoms with Crippen molar-refractivity contribution in [2.24, 2.45) is 11.3 Å². The van der Waals surface area contributed by atoms with Crippen LogP contribution in [0.2, 0.25) is 0 Å². The Balaban J connectivity index is 1.59. The number of nitrogens with zero attached hydrogens (tertiary/aromatic N) is 2. The standard InChI is InChI=1S/C20H24FN3O2/c1-13(2)24-17(6-8-23-24)19-15-10-22-9-7-20(15,19)12-26-18-5-3-4-16(21)14(18)11-25/h3-6,8,11,13,15,19,22H,7,9-10,12H2,1-2H3/t15-,19?,20?/m1/s1. The summed E-state index contributed by atoms with van der Waals surface area (Å²) in [5, 5.41) is 7.95. The summed E-state index contributed by atoms with van der Waals surface area (Å²) in [6, 6.07) is 6.93. The third kappa shape index (κ3) is 2.63. The van der Waals surface area contributed by atoms with Gasteiger partial charge in [0.05, 0.1) is 12.2 Å². The summed E-state index contributed by atoms with van der Waals surface area (Å²) in [6.07, 6.45) is 3.39. The lowest BCUT2D eigenvalue weighted by Gasteiger charge is -2.24. The molecule has 0 amide bonds. The first-order valence-electron chi connectivity index (χ1n) is 9.19. The van der Waals surface area contributed by atoms with E-state index in [0.717, 1.165) is 19.5 Å². The molecular formula is C20H24FN3O2. The predicted octanol–water partition coefficient (Wildman–Crippen LogP) is 3.19. The van der Waals surface area contributed by atoms with Crippen LogP contribution in [0.5, 0.6) is 5.75 Å². The number of aldehydes is 1. The number of benzene rings is 1. The molecule has 2 aliphatic rings. The van der Waals surface area contributed by atoms with Crippen LogP contribution in [0.25, 0.3) is 0 Å². The number of carbonyl (C=O) groups is 1. The molecule has 0 spiro atoms. The van der Waals surface area contributed by atoms with Crippen LogP contribution in [-0.4, -0.2) is 35.8 Å². The minimum atomic E-state index is -0.540. The van der Waals surface area contributed by atoms with Gasteiger partial charge in [-0.2, -0.15) is 5.10 Å². The molecule has 138 valence electrons. The normalized spacial score (nSPS) is 27.2. The van der Waals surface area contributed by atoms with Crippen LogP contribution >= 0.6 is 0 Å². The van der Waals surface area contributed by atoms with Crippen molar-refractivity contribution < 1.29 is 13.9 Å². The predicted molar refractivity (Wildman–Crippen MR) is 96.0 cm³/mol. The molecule has 6 heteroatoms. The molecule has 1 aromatic heterocycles. The van der Waals surface area contributed by atoms with Crippen LogP contribution in [0.15, 0.2) is 30.5 Å². The number of aromatic nitrogens is 2. The maximum absolute atomic E-state index is 13.8. The Morgan fingerprint density at radius 2 is 2.31 bits per heavy atom. The van der Waals surface area contributed by atoms with Gasteiger partial charge in [0.25, 0.3) is 0 Å². The summed E-state index contributed by atoms with van der Waals surface area (Å²) in [6.45, 7) is 6.63. The lowest BCUT2D eigenvalue weighted by molar-refractivity contribution is 0.111. The van der Waals surface area contributed by atoms with Crippen molar-refractivity contribution in [1.29, 1.82) is 0 Å². The molecule has 1 N–H and O–H groups in total. The van der Waals surface area contributed by atoms with Gasteiger partial charge in [0.15, 0.2) is 6.29 Å². The molecule has 3 atom stereocenters. The molecule has 1 aliphatic carbocycles. The number of fused-ring (bicyclic) bond motifs is 1. The van der Waals surface area contributed by atoms with Gasteiger partial charge < -0.3 is 10.1 Å². The van der Waals surface area contributed by atoms with Crippen molar-refractivity contribution in [2.45, 2.75) is 32.2 Å². The fourth-order valence-electron chi connectivity index (χ4n) is 4.56. The Kier molecular flexibility index (Phi) is 4.31. The number of ether oxygens (including phenoxy) is 1. The molecule has 5 nitrogen and oxygen atoms in total. The van der Waals surface area contributed by atoms with E-state index in [2.05, 4.69) is 35.0 Å². The number of rotatable bonds is 6. The molecule has 4 rings (SSSR count). The van der Waals surface area contributed by atoms with Crippen molar-refractivity contribution >= 4 is 6.29 Å². The summed E-state index contributed by atoms with van der Waals surface area (Å²) < 4.78 is 21.9. The molecular weight excluding hydrogens is 333 g/mol. The summed E-state index contributed by atoms with van der Waals surface area (Å²) >= 11 is 0. The highest BCUT2D eigenvalue weighted by atomic mass is 19.1. The van der Waals surface area contributed by atoms with Gasteiger partial charge in [0.1, 0.15) is 11.6 Å². The highest BCUT2D eigenvalue weighted by molar-refractivity contribution is 5.79. The highest BCUT2D eigenvalue weighted by Gasteiger charge is 2.66. The lowest BCUT2D eigenvalue weighted by Crippen LogP contribution is -2.32. The van der Waals surface area contributed by atoms with Crippen molar-refractivity contribution in [3.8, 4) is 5.75 Å². The van der Waals surface area contributed by atoms with E-state index in [-0.39, 0.29) is 11.0 Å². The molecule has 0 bridgehead atoms. The fraction of sp³-hybridized carbons (Fsp3) is 0.500. The van der Waals surface area contributed by atoms with E-state index in [1.807, 2.05) is 6.20 Å². The minimum absolute atomic E-state index is 0.00110. The third-order valence-corrected chi connectivity index (χ3v) is 5.92. The zero-order valence-corrected chi connectivity index (χ0v) is 15.1. The molecule has 0 radical (unpaired) electrons. The van der Waals surface area contributed by atoms with E-state index in [4.69, 9.17) is 4.74 Å². The van der Waals surface area contributed by atoms with Crippen molar-refractivity contribution in [3.05, 3.63) is 47.5 Å². The quantitative estimate of drug-likeness (QED) is 0.807. The van der Waals surface area contributed by atoms with Gasteiger partial charge >= 0.3 is 0 Å². The Hall–Kier alpha value is -2.21. The van der Waals surface area contributed by atoms with E-state index in [1.54, 1.807) is 12.1 Å². The van der Waals surface area contributed by atoms with Crippen LogP contribution in [0.4, 0.5) is 4.39 Å². The lowest BCUT2D eigenvalue weighted by atomic mass is 9.95. The second-order valence-corrected chi connectivity index (χ2v) is 7.62. The Labute approximate surface area is 152 Å². The monoisotopic (exact) mass is 357 g/mol. The molecule has 26 heavy (non-hydrogen) atoms. The van der Waals surface area contributed by atoms with Gasteiger partial charge in [0.2, 0.25) is 0 Å². The number of hydrogen-bond donors (Lipinski definition) is 1. The number of piperidine rings is 1. The summed E-state index contributed by atoms with van der Waals surface area (Å²) in [7, 11) is 0. The Morgan fingerprint density at radius 1 is 1.46 bits per heavy atom. The summed E-state index contributed by atoms with van der Waals surface area (Å²) in [5.74, 6) is 0.631. The summed E-state index contributed by atoms with van der Waals surface area (Å²) in [5.41, 5.74) is 1.26. The molecule has 1 saturated carbocycles. The van der Waals surface area contributed by atoms with Crippen LogP contribution in [0.3, 0.4) is 0 Å². The zero-order chi connectivity index (χ0) is 18.3. The topological polar surface area (TPSA) is 56.1 Å². The third-order valence-electron chi connectivity index (χ3n) is 5.92. The SMILES string of the molecule is CC(C)n1nccc1C1[C@H]2CNCCC12COc1cccc(F)c1C=O. The number of hydrogen-bond acceptors (Lipinski definition) is 4. The first-order valence-corrected chi connectivity index (χ1v) is 9.19. The fourth-order valence-corrected chi connectivity index (χ4v) is 4.56. The van der Waals surface area contributed by atoms with Crippen LogP contribution in [0, 0.1) is 17.2 Å². The molecule has 1 aliphatic heterocycles. The minimum Gasteiger partial charge on any atom is -0.492 e. The largest absolute Gasteiger partial charge is 0.492 e. The highest BCUT2D eigenvalue weighted by Crippen LogP contribution is 2.67. The van der Waals surface area contributed by atoms with Gasteiger partial charge in [-0.05, 0) is 57.5 Å². The second-order valence-electron chi connectivity index (χ2n) is 7.62. The molecule has 2 aromatic rings. The molecule has 1 aromatic carbocycles. The second kappa shape index (κ2) is 6.50. The average molecular weight is 357 g/mol. The smallest absolute Gasteiger partial charge is 0.156 e. The van der Waals surface area contributed by atoms with Crippen molar-refractivity contribution in [3.63, 3.8) is 0 Å². The van der Waals surface area contributed by atoms with E-state index in [9.17, 15) is 9.18 Å². The van der Waals surface area contributed by atoms with E-state index >= 15 is 0 Å². The van der Waals surface area contributed by atoms with Crippen LogP contribution in [-0.2, 0) is 0 Å². The first-order chi connectivity index (χ1) is 12.6. The zero-order valence-electron chi connectivity index (χ0n) is 15.1. The van der Waals surface area contributed by atoms with Gasteiger partial charge in [-0.25, -0.2) is 4.39 Å².